The van der Waals surface area contributed by atoms with Gasteiger partial charge in [-0.2, -0.15) is 4.73 Å². The normalized spacial score (nSPS) is 20.7. The minimum atomic E-state index is -0.727. The summed E-state index contributed by atoms with van der Waals surface area (Å²) in [4.78, 5) is 0. The first-order chi connectivity index (χ1) is 12.3. The maximum atomic E-state index is 12.4. The van der Waals surface area contributed by atoms with Crippen molar-refractivity contribution in [2.75, 3.05) is 6.54 Å². The standard InChI is InChI=1S/C20H27ClN2O3.ClH/c1-5-6-7-8-22-18-14-10-15-13(12(2)9-17(21)23(15)25)11-16(14)26-20(3,4)19(18)24;/h9-11,18-19,22,24H,5-8H2,1-4H3;1H/t18-,19+;/m0./s1. The van der Waals surface area contributed by atoms with E-state index in [2.05, 4.69) is 12.2 Å². The molecule has 2 heterocycles. The fraction of sp³-hybridized carbons (Fsp3) is 0.550. The SMILES string of the molecule is CCCCCN[C@H]1c2cc3c(cc2OC(C)(C)[C@@H]1O)c(C)cc(Cl)[n+]3[O-].Cl. The van der Waals surface area contributed by atoms with E-state index in [4.69, 9.17) is 16.3 Å². The van der Waals surface area contributed by atoms with Crippen molar-refractivity contribution in [3.63, 3.8) is 0 Å². The molecule has 0 saturated carbocycles. The Hall–Kier alpha value is -1.27. The number of hydrogen-bond donors (Lipinski definition) is 2. The molecule has 3 rings (SSSR count). The van der Waals surface area contributed by atoms with E-state index < -0.39 is 11.7 Å². The van der Waals surface area contributed by atoms with E-state index in [0.717, 1.165) is 47.1 Å². The van der Waals surface area contributed by atoms with Gasteiger partial charge in [0.15, 0.2) is 0 Å². The summed E-state index contributed by atoms with van der Waals surface area (Å²) in [6, 6.07) is 5.05. The predicted molar refractivity (Wildman–Crippen MR) is 111 cm³/mol. The number of hydrogen-bond acceptors (Lipinski definition) is 4. The molecule has 0 radical (unpaired) electrons. The number of aromatic nitrogens is 1. The molecule has 0 fully saturated rings. The molecule has 0 saturated heterocycles. The quantitative estimate of drug-likeness (QED) is 0.332. The molecule has 0 amide bonds. The summed E-state index contributed by atoms with van der Waals surface area (Å²) >= 11 is 6.06. The number of nitrogens with one attached hydrogen (secondary N) is 1. The minimum Gasteiger partial charge on any atom is -0.617 e. The zero-order valence-corrected chi connectivity index (χ0v) is 17.8. The van der Waals surface area contributed by atoms with Gasteiger partial charge in [0, 0.05) is 17.7 Å². The Bertz CT molecular complexity index is 827. The number of halogens is 2. The number of pyridine rings is 1. The smallest absolute Gasteiger partial charge is 0.287 e. The number of nitrogens with zero attached hydrogens (tertiary/aromatic N) is 1. The maximum absolute atomic E-state index is 12.4. The van der Waals surface area contributed by atoms with E-state index in [9.17, 15) is 10.3 Å². The Morgan fingerprint density at radius 3 is 2.67 bits per heavy atom. The molecule has 2 aromatic rings. The van der Waals surface area contributed by atoms with E-state index in [0.29, 0.717) is 11.3 Å². The van der Waals surface area contributed by atoms with Gasteiger partial charge in [-0.1, -0.05) is 19.8 Å². The highest BCUT2D eigenvalue weighted by Crippen LogP contribution is 2.42. The second-order valence-electron chi connectivity index (χ2n) is 7.64. The number of ether oxygens (including phenoxy) is 1. The third-order valence-electron chi connectivity index (χ3n) is 5.18. The van der Waals surface area contributed by atoms with Crippen molar-refractivity contribution in [2.45, 2.75) is 64.7 Å². The first-order valence-electron chi connectivity index (χ1n) is 9.23. The highest BCUT2D eigenvalue weighted by molar-refractivity contribution is 6.28. The molecule has 0 bridgehead atoms. The van der Waals surface area contributed by atoms with Crippen molar-refractivity contribution in [1.29, 1.82) is 0 Å². The summed E-state index contributed by atoms with van der Waals surface area (Å²) in [5, 5.41) is 27.7. The summed E-state index contributed by atoms with van der Waals surface area (Å²) in [5.74, 6) is 0.700. The lowest BCUT2D eigenvalue weighted by molar-refractivity contribution is -0.574. The number of aryl methyl sites for hydroxylation is 1. The molecule has 2 atom stereocenters. The average Bonchev–Trinajstić information content (AvgIpc) is 2.58. The van der Waals surface area contributed by atoms with Crippen LogP contribution < -0.4 is 14.8 Å². The summed E-state index contributed by atoms with van der Waals surface area (Å²) in [6.07, 6.45) is 2.58. The molecule has 7 heteroatoms. The van der Waals surface area contributed by atoms with E-state index in [1.165, 1.54) is 0 Å². The number of unbranched alkanes of at least 4 members (excludes halogenated alkanes) is 2. The van der Waals surface area contributed by atoms with Crippen molar-refractivity contribution in [2.24, 2.45) is 0 Å². The third kappa shape index (κ3) is 4.11. The first kappa shape index (κ1) is 22.0. The average molecular weight is 415 g/mol. The summed E-state index contributed by atoms with van der Waals surface area (Å²) < 4.78 is 6.81. The van der Waals surface area contributed by atoms with Crippen molar-refractivity contribution in [3.8, 4) is 5.75 Å². The highest BCUT2D eigenvalue weighted by Gasteiger charge is 2.43. The van der Waals surface area contributed by atoms with Crippen molar-refractivity contribution in [3.05, 3.63) is 39.7 Å². The monoisotopic (exact) mass is 414 g/mol. The number of aliphatic hydroxyl groups is 1. The van der Waals surface area contributed by atoms with Crippen LogP contribution in [-0.2, 0) is 0 Å². The van der Waals surface area contributed by atoms with Crippen LogP contribution in [0.4, 0.5) is 0 Å². The zero-order chi connectivity index (χ0) is 19.1. The molecule has 0 unspecified atom stereocenters. The van der Waals surface area contributed by atoms with Crippen LogP contribution in [-0.4, -0.2) is 23.4 Å². The summed E-state index contributed by atoms with van der Waals surface area (Å²) in [5.41, 5.74) is 1.48. The molecule has 1 aromatic carbocycles. The first-order valence-corrected chi connectivity index (χ1v) is 9.61. The number of rotatable bonds is 5. The van der Waals surface area contributed by atoms with Gasteiger partial charge >= 0.3 is 0 Å². The van der Waals surface area contributed by atoms with Gasteiger partial charge in [0.2, 0.25) is 5.52 Å². The van der Waals surface area contributed by atoms with Crippen molar-refractivity contribution in [1.82, 2.24) is 5.32 Å². The molecule has 2 N–H and O–H groups in total. The molecular weight excluding hydrogens is 387 g/mol. The fourth-order valence-electron chi connectivity index (χ4n) is 3.60. The lowest BCUT2D eigenvalue weighted by Crippen LogP contribution is -2.52. The van der Waals surface area contributed by atoms with E-state index in [-0.39, 0.29) is 23.6 Å². The molecule has 1 aliphatic rings. The van der Waals surface area contributed by atoms with Crippen LogP contribution in [0.3, 0.4) is 0 Å². The molecule has 5 nitrogen and oxygen atoms in total. The number of benzene rings is 1. The zero-order valence-electron chi connectivity index (χ0n) is 16.2. The van der Waals surface area contributed by atoms with Crippen LogP contribution in [0.25, 0.3) is 10.9 Å². The molecule has 27 heavy (non-hydrogen) atoms. The van der Waals surface area contributed by atoms with E-state index in [1.54, 1.807) is 12.1 Å². The van der Waals surface area contributed by atoms with Crippen LogP contribution in [0.5, 0.6) is 5.75 Å². The molecule has 1 aliphatic heterocycles. The summed E-state index contributed by atoms with van der Waals surface area (Å²) in [7, 11) is 0. The van der Waals surface area contributed by atoms with Gasteiger partial charge in [-0.3, -0.25) is 0 Å². The van der Waals surface area contributed by atoms with E-state index >= 15 is 0 Å². The second-order valence-corrected chi connectivity index (χ2v) is 8.03. The van der Waals surface area contributed by atoms with Gasteiger partial charge in [0.05, 0.1) is 11.4 Å². The predicted octanol–water partition coefficient (Wildman–Crippen LogP) is 4.21. The lowest BCUT2D eigenvalue weighted by atomic mass is 9.85. The maximum Gasteiger partial charge on any atom is 0.287 e. The number of aliphatic hydroxyl groups excluding tert-OH is 1. The molecule has 150 valence electrons. The van der Waals surface area contributed by atoms with Crippen LogP contribution in [0.2, 0.25) is 5.15 Å². The Morgan fingerprint density at radius 2 is 2.00 bits per heavy atom. The Kier molecular flexibility index (Phi) is 6.85. The van der Waals surface area contributed by atoms with Crippen LogP contribution in [0.1, 0.15) is 57.2 Å². The van der Waals surface area contributed by atoms with Crippen molar-refractivity contribution < 1.29 is 14.6 Å². The van der Waals surface area contributed by atoms with Gasteiger partial charge < -0.3 is 20.4 Å². The largest absolute Gasteiger partial charge is 0.617 e. The van der Waals surface area contributed by atoms with Gasteiger partial charge in [-0.15, -0.1) is 12.4 Å². The van der Waals surface area contributed by atoms with Crippen LogP contribution in [0.15, 0.2) is 18.2 Å². The Morgan fingerprint density at radius 1 is 1.30 bits per heavy atom. The van der Waals surface area contributed by atoms with Gasteiger partial charge in [-0.05, 0) is 57.0 Å². The molecule has 0 spiro atoms. The van der Waals surface area contributed by atoms with Gasteiger partial charge in [-0.25, -0.2) is 0 Å². The number of fused-ring (bicyclic) bond motifs is 2. The van der Waals surface area contributed by atoms with Gasteiger partial charge in [0.1, 0.15) is 17.5 Å². The highest BCUT2D eigenvalue weighted by atomic mass is 35.5. The Balaban J connectivity index is 0.00000261. The lowest BCUT2D eigenvalue weighted by Gasteiger charge is -2.42. The van der Waals surface area contributed by atoms with E-state index in [1.807, 2.05) is 26.8 Å². The Labute approximate surface area is 171 Å². The molecular formula is C20H28Cl2N2O3. The van der Waals surface area contributed by atoms with Crippen molar-refractivity contribution >= 4 is 34.9 Å². The third-order valence-corrected chi connectivity index (χ3v) is 5.44. The van der Waals surface area contributed by atoms with Crippen LogP contribution in [0, 0.1) is 12.1 Å². The fourth-order valence-corrected chi connectivity index (χ4v) is 3.85. The minimum absolute atomic E-state index is 0. The second kappa shape index (κ2) is 8.39. The van der Waals surface area contributed by atoms with Crippen LogP contribution >= 0.6 is 24.0 Å². The summed E-state index contributed by atoms with van der Waals surface area (Å²) in [6.45, 7) is 8.65. The topological polar surface area (TPSA) is 68.4 Å². The molecule has 0 aliphatic carbocycles. The molecule has 1 aromatic heterocycles. The van der Waals surface area contributed by atoms with Gasteiger partial charge in [0.25, 0.3) is 5.15 Å².